The van der Waals surface area contributed by atoms with Gasteiger partial charge in [0.25, 0.3) is 15.7 Å². The van der Waals surface area contributed by atoms with Crippen LogP contribution in [0.15, 0.2) is 41.4 Å². The van der Waals surface area contributed by atoms with Gasteiger partial charge < -0.3 is 5.73 Å². The van der Waals surface area contributed by atoms with Crippen molar-refractivity contribution in [1.82, 2.24) is 4.98 Å². The number of pyridine rings is 1. The number of anilines is 2. The maximum atomic E-state index is 12.2. The summed E-state index contributed by atoms with van der Waals surface area (Å²) in [6, 6.07) is 6.30. The molecule has 3 N–H and O–H groups in total. The van der Waals surface area contributed by atoms with Gasteiger partial charge >= 0.3 is 0 Å². The molecule has 0 saturated heterocycles. The first-order chi connectivity index (χ1) is 9.79. The van der Waals surface area contributed by atoms with Crippen LogP contribution in [0.3, 0.4) is 0 Å². The van der Waals surface area contributed by atoms with Crippen LogP contribution in [0, 0.1) is 17.0 Å². The van der Waals surface area contributed by atoms with Crippen molar-refractivity contribution in [2.45, 2.75) is 11.8 Å². The zero-order valence-corrected chi connectivity index (χ0v) is 11.8. The number of nitrogens with one attached hydrogen (secondary N) is 1. The third-order valence-corrected chi connectivity index (χ3v) is 4.03. The predicted molar refractivity (Wildman–Crippen MR) is 77.3 cm³/mol. The first-order valence-electron chi connectivity index (χ1n) is 5.79. The lowest BCUT2D eigenvalue weighted by Gasteiger charge is -2.09. The van der Waals surface area contributed by atoms with Crippen molar-refractivity contribution >= 4 is 27.1 Å². The van der Waals surface area contributed by atoms with Crippen LogP contribution in [-0.2, 0) is 10.0 Å². The maximum absolute atomic E-state index is 12.2. The number of benzene rings is 1. The van der Waals surface area contributed by atoms with Crippen molar-refractivity contribution in [3.05, 3.63) is 52.3 Å². The minimum Gasteiger partial charge on any atom is -0.393 e. The van der Waals surface area contributed by atoms with Crippen LogP contribution in [0.5, 0.6) is 0 Å². The second-order valence-electron chi connectivity index (χ2n) is 4.27. The number of nitro benzene ring substituents is 1. The molecule has 0 fully saturated rings. The lowest BCUT2D eigenvalue weighted by atomic mass is 10.3. The first-order valence-corrected chi connectivity index (χ1v) is 7.27. The molecule has 1 heterocycles. The third kappa shape index (κ3) is 3.26. The van der Waals surface area contributed by atoms with Gasteiger partial charge in [0.15, 0.2) is 0 Å². The highest BCUT2D eigenvalue weighted by molar-refractivity contribution is 7.92. The van der Waals surface area contributed by atoms with Gasteiger partial charge in [-0.05, 0) is 31.2 Å². The normalized spacial score (nSPS) is 11.1. The summed E-state index contributed by atoms with van der Waals surface area (Å²) < 4.78 is 26.7. The number of nitrogens with two attached hydrogens (primary N) is 1. The molecule has 0 saturated carbocycles. The van der Waals surface area contributed by atoms with E-state index < -0.39 is 14.9 Å². The molecule has 0 spiro atoms. The van der Waals surface area contributed by atoms with E-state index in [4.69, 9.17) is 5.73 Å². The molecule has 0 aliphatic rings. The van der Waals surface area contributed by atoms with Crippen molar-refractivity contribution < 1.29 is 13.3 Å². The molecule has 0 unspecified atom stereocenters. The second kappa shape index (κ2) is 5.37. The fraction of sp³-hybridized carbons (Fsp3) is 0.0833. The maximum Gasteiger partial charge on any atom is 0.292 e. The van der Waals surface area contributed by atoms with Crippen molar-refractivity contribution in [2.24, 2.45) is 0 Å². The van der Waals surface area contributed by atoms with Gasteiger partial charge in [-0.3, -0.25) is 19.8 Å². The zero-order valence-electron chi connectivity index (χ0n) is 11.0. The van der Waals surface area contributed by atoms with Crippen LogP contribution < -0.4 is 10.5 Å². The van der Waals surface area contributed by atoms with Crippen molar-refractivity contribution in [3.8, 4) is 0 Å². The summed E-state index contributed by atoms with van der Waals surface area (Å²) >= 11 is 0. The van der Waals surface area contributed by atoms with Gasteiger partial charge in [-0.25, -0.2) is 8.42 Å². The summed E-state index contributed by atoms with van der Waals surface area (Å²) in [6.07, 6.45) is 1.47. The van der Waals surface area contributed by atoms with Crippen LogP contribution in [0.2, 0.25) is 0 Å². The van der Waals surface area contributed by atoms with Gasteiger partial charge in [0.05, 0.1) is 15.5 Å². The molecule has 21 heavy (non-hydrogen) atoms. The average Bonchev–Trinajstić information content (AvgIpc) is 2.37. The van der Waals surface area contributed by atoms with Crippen LogP contribution in [-0.4, -0.2) is 18.3 Å². The highest BCUT2D eigenvalue weighted by atomic mass is 32.2. The fourth-order valence-electron chi connectivity index (χ4n) is 1.69. The Labute approximate surface area is 120 Å². The number of nitro groups is 1. The smallest absolute Gasteiger partial charge is 0.292 e. The summed E-state index contributed by atoms with van der Waals surface area (Å²) in [4.78, 5) is 13.8. The highest BCUT2D eigenvalue weighted by Crippen LogP contribution is 2.25. The Bertz CT molecular complexity index is 805. The summed E-state index contributed by atoms with van der Waals surface area (Å²) in [5.41, 5.74) is 5.94. The Morgan fingerprint density at radius 1 is 1.29 bits per heavy atom. The molecular formula is C12H12N4O4S. The molecule has 0 atom stereocenters. The molecule has 2 aromatic rings. The van der Waals surface area contributed by atoms with E-state index in [1.54, 1.807) is 13.0 Å². The molecule has 8 nitrogen and oxygen atoms in total. The average molecular weight is 308 g/mol. The van der Waals surface area contributed by atoms with E-state index in [-0.39, 0.29) is 16.3 Å². The van der Waals surface area contributed by atoms with Gasteiger partial charge in [-0.1, -0.05) is 0 Å². The summed E-state index contributed by atoms with van der Waals surface area (Å²) in [6.45, 7) is 1.72. The molecular weight excluding hydrogens is 296 g/mol. The van der Waals surface area contributed by atoms with E-state index in [1.165, 1.54) is 12.3 Å². The van der Waals surface area contributed by atoms with Crippen LogP contribution in [0.25, 0.3) is 0 Å². The molecule has 9 heteroatoms. The molecule has 1 aromatic heterocycles. The SMILES string of the molecule is Cc1cc(NS(=O)(=O)c2ccc([N+](=O)[O-])c(N)c2)ccn1. The van der Waals surface area contributed by atoms with Gasteiger partial charge in [0, 0.05) is 18.0 Å². The van der Waals surface area contributed by atoms with Crippen molar-refractivity contribution in [2.75, 3.05) is 10.5 Å². The number of nitrogen functional groups attached to an aromatic ring is 1. The van der Waals surface area contributed by atoms with Crippen molar-refractivity contribution in [3.63, 3.8) is 0 Å². The molecule has 0 amide bonds. The number of hydrogen-bond acceptors (Lipinski definition) is 6. The van der Waals surface area contributed by atoms with Crippen molar-refractivity contribution in [1.29, 1.82) is 0 Å². The second-order valence-corrected chi connectivity index (χ2v) is 5.95. The zero-order chi connectivity index (χ0) is 15.6. The lowest BCUT2D eigenvalue weighted by Crippen LogP contribution is -2.13. The fourth-order valence-corrected chi connectivity index (χ4v) is 2.77. The minimum atomic E-state index is -3.88. The number of hydrogen-bond donors (Lipinski definition) is 2. The number of nitrogens with zero attached hydrogens (tertiary/aromatic N) is 2. The van der Waals surface area contributed by atoms with Gasteiger partial charge in [-0.2, -0.15) is 0 Å². The molecule has 1 aromatic carbocycles. The number of aryl methyl sites for hydroxylation is 1. The summed E-state index contributed by atoms with van der Waals surface area (Å²) in [5.74, 6) is 0. The third-order valence-electron chi connectivity index (χ3n) is 2.65. The lowest BCUT2D eigenvalue weighted by molar-refractivity contribution is -0.383. The number of aromatic nitrogens is 1. The largest absolute Gasteiger partial charge is 0.393 e. The molecule has 0 aliphatic carbocycles. The molecule has 0 radical (unpaired) electrons. The first kappa shape index (κ1) is 14.7. The number of sulfonamides is 1. The minimum absolute atomic E-state index is 0.153. The predicted octanol–water partition coefficient (Wildman–Crippen LogP) is 1.68. The molecule has 0 aliphatic heterocycles. The summed E-state index contributed by atoms with van der Waals surface area (Å²) in [5, 5.41) is 10.7. The molecule has 110 valence electrons. The standard InChI is InChI=1S/C12H12N4O4S/c1-8-6-9(4-5-14-8)15-21(19,20)10-2-3-12(16(17)18)11(13)7-10/h2-7H,13H2,1H3,(H,14,15). The summed E-state index contributed by atoms with van der Waals surface area (Å²) in [7, 11) is -3.88. The number of rotatable bonds is 4. The highest BCUT2D eigenvalue weighted by Gasteiger charge is 2.19. The van der Waals surface area contributed by atoms with Crippen LogP contribution in [0.4, 0.5) is 17.1 Å². The van der Waals surface area contributed by atoms with Crippen LogP contribution in [0.1, 0.15) is 5.69 Å². The van der Waals surface area contributed by atoms with E-state index in [0.717, 1.165) is 18.2 Å². The van der Waals surface area contributed by atoms with Gasteiger partial charge in [0.2, 0.25) is 0 Å². The monoisotopic (exact) mass is 308 g/mol. The Morgan fingerprint density at radius 2 is 2.00 bits per heavy atom. The van der Waals surface area contributed by atoms with E-state index >= 15 is 0 Å². The van der Waals surface area contributed by atoms with E-state index in [2.05, 4.69) is 9.71 Å². The Kier molecular flexibility index (Phi) is 3.76. The Morgan fingerprint density at radius 3 is 2.57 bits per heavy atom. The van der Waals surface area contributed by atoms with Crippen LogP contribution >= 0.6 is 0 Å². The molecule has 0 bridgehead atoms. The quantitative estimate of drug-likeness (QED) is 0.502. The van der Waals surface area contributed by atoms with E-state index in [9.17, 15) is 18.5 Å². The van der Waals surface area contributed by atoms with Gasteiger partial charge in [-0.15, -0.1) is 0 Å². The van der Waals surface area contributed by atoms with E-state index in [0.29, 0.717) is 11.4 Å². The Balaban J connectivity index is 2.36. The van der Waals surface area contributed by atoms with E-state index in [1.807, 2.05) is 0 Å². The topological polar surface area (TPSA) is 128 Å². The molecule has 2 rings (SSSR count). The Hall–Kier alpha value is -2.68. The van der Waals surface area contributed by atoms with Gasteiger partial charge in [0.1, 0.15) is 5.69 Å².